The van der Waals surface area contributed by atoms with Gasteiger partial charge in [0.1, 0.15) is 11.8 Å². The van der Waals surface area contributed by atoms with Crippen LogP contribution in [0.1, 0.15) is 5.56 Å². The van der Waals surface area contributed by atoms with Crippen molar-refractivity contribution in [3.63, 3.8) is 0 Å². The molecular weight excluding hydrogens is 423 g/mol. The minimum Gasteiger partial charge on any atom is -0.542 e. The molecule has 0 aromatic heterocycles. The first kappa shape index (κ1) is 25.0. The average Bonchev–Trinajstić information content (AvgIpc) is 2.51. The van der Waals surface area contributed by atoms with Crippen molar-refractivity contribution >= 4 is 28.5 Å². The molecule has 1 unspecified atom stereocenters. The third kappa shape index (κ3) is 8.90. The van der Waals surface area contributed by atoms with Gasteiger partial charge < -0.3 is 18.9 Å². The van der Waals surface area contributed by atoms with Crippen LogP contribution in [0, 0.1) is 0 Å². The number of rotatable bonds is 8. The highest BCUT2D eigenvalue weighted by Crippen LogP contribution is 2.31. The second-order valence-electron chi connectivity index (χ2n) is 8.46. The van der Waals surface area contributed by atoms with Crippen molar-refractivity contribution in [3.8, 4) is 11.5 Å². The molecule has 29 heavy (non-hydrogen) atoms. The first-order valence-corrected chi connectivity index (χ1v) is 15.8. The van der Waals surface area contributed by atoms with Crippen molar-refractivity contribution < 1.29 is 36.3 Å². The molecule has 0 aliphatic heterocycles. The van der Waals surface area contributed by atoms with Gasteiger partial charge in [0, 0.05) is 6.42 Å². The van der Waals surface area contributed by atoms with E-state index < -0.39 is 40.7 Å². The lowest BCUT2D eigenvalue weighted by molar-refractivity contribution is -0.175. The summed E-state index contributed by atoms with van der Waals surface area (Å²) >= 11 is 0. The van der Waals surface area contributed by atoms with Gasteiger partial charge in [-0.1, -0.05) is 6.07 Å². The van der Waals surface area contributed by atoms with E-state index in [1.807, 2.05) is 19.6 Å². The molecule has 0 fully saturated rings. The average molecular weight is 452 g/mol. The van der Waals surface area contributed by atoms with Crippen molar-refractivity contribution in [2.24, 2.45) is 0 Å². The lowest BCUT2D eigenvalue weighted by Crippen LogP contribution is -2.50. The summed E-state index contributed by atoms with van der Waals surface area (Å²) in [5.74, 6) is -2.19. The first-order valence-electron chi connectivity index (χ1n) is 8.98. The second-order valence-corrected chi connectivity index (χ2v) is 17.3. The highest BCUT2D eigenvalue weighted by molar-refractivity contribution is 6.71. The fourth-order valence-corrected chi connectivity index (χ4v) is 3.87. The number of methoxy groups -OCH3 is 1. The smallest absolute Gasteiger partial charge is 0.471 e. The molecule has 1 aromatic rings. The van der Waals surface area contributed by atoms with E-state index in [0.717, 1.165) is 0 Å². The molecule has 164 valence electrons. The molecule has 1 rings (SSSR count). The number of hydrogen-bond acceptors (Lipinski definition) is 5. The van der Waals surface area contributed by atoms with Crippen LogP contribution in [-0.2, 0) is 20.4 Å². The first-order chi connectivity index (χ1) is 13.0. The highest BCUT2D eigenvalue weighted by Gasteiger charge is 2.41. The lowest BCUT2D eigenvalue weighted by atomic mass is 10.1. The van der Waals surface area contributed by atoms with Gasteiger partial charge in [0.25, 0.3) is 0 Å². The summed E-state index contributed by atoms with van der Waals surface area (Å²) in [5.41, 5.74) is 0.491. The van der Waals surface area contributed by atoms with E-state index in [9.17, 15) is 22.8 Å². The van der Waals surface area contributed by atoms with Crippen LogP contribution >= 0.6 is 0 Å². The van der Waals surface area contributed by atoms with E-state index in [-0.39, 0.29) is 6.42 Å². The Hall–Kier alpha value is -2.02. The highest BCUT2D eigenvalue weighted by atomic mass is 28.4. The Morgan fingerprint density at radius 2 is 1.62 bits per heavy atom. The van der Waals surface area contributed by atoms with E-state index >= 15 is 0 Å². The molecule has 1 aromatic carbocycles. The quantitative estimate of drug-likeness (QED) is 0.608. The molecule has 1 N–H and O–H groups in total. The number of halogens is 3. The Morgan fingerprint density at radius 3 is 2.07 bits per heavy atom. The Balaban J connectivity index is 3.14. The Bertz CT molecular complexity index is 742. The van der Waals surface area contributed by atoms with Crippen LogP contribution in [0.25, 0.3) is 0 Å². The molecule has 0 aliphatic rings. The predicted molar refractivity (Wildman–Crippen MR) is 108 cm³/mol. The van der Waals surface area contributed by atoms with Crippen molar-refractivity contribution in [1.29, 1.82) is 0 Å². The van der Waals surface area contributed by atoms with Gasteiger partial charge in [-0.05, 0) is 57.0 Å². The largest absolute Gasteiger partial charge is 0.542 e. The van der Waals surface area contributed by atoms with Crippen LogP contribution < -0.4 is 14.5 Å². The number of benzene rings is 1. The van der Waals surface area contributed by atoms with E-state index in [4.69, 9.17) is 13.6 Å². The Kier molecular flexibility index (Phi) is 7.94. The van der Waals surface area contributed by atoms with Crippen molar-refractivity contribution in [2.45, 2.75) is 57.9 Å². The fourth-order valence-electron chi connectivity index (χ4n) is 2.30. The minimum atomic E-state index is -5.11. The van der Waals surface area contributed by atoms with Gasteiger partial charge in [-0.15, -0.1) is 0 Å². The van der Waals surface area contributed by atoms with E-state index in [1.165, 1.54) is 7.11 Å². The van der Waals surface area contributed by atoms with Gasteiger partial charge in [0.05, 0.1) is 7.11 Å². The van der Waals surface area contributed by atoms with Crippen LogP contribution in [0.3, 0.4) is 0 Å². The SMILES string of the molecule is COc1cc(CC(NC(=O)C(F)(F)F)C(=O)O[Si](C)(C)C)ccc1O[Si](C)(C)C. The van der Waals surface area contributed by atoms with Gasteiger partial charge in [-0.25, -0.2) is 0 Å². The van der Waals surface area contributed by atoms with Gasteiger partial charge in [0.15, 0.2) is 5.75 Å². The van der Waals surface area contributed by atoms with Gasteiger partial charge in [-0.3, -0.25) is 9.59 Å². The number of ether oxygens (including phenoxy) is 1. The van der Waals surface area contributed by atoms with Crippen molar-refractivity contribution in [2.75, 3.05) is 7.11 Å². The van der Waals surface area contributed by atoms with Gasteiger partial charge >= 0.3 is 18.1 Å². The minimum absolute atomic E-state index is 0.186. The maximum atomic E-state index is 12.7. The number of carbonyl (C=O) groups excluding carboxylic acids is 2. The molecule has 0 spiro atoms. The Morgan fingerprint density at radius 1 is 1.03 bits per heavy atom. The van der Waals surface area contributed by atoms with E-state index in [0.29, 0.717) is 17.1 Å². The maximum absolute atomic E-state index is 12.7. The molecule has 0 radical (unpaired) electrons. The number of nitrogens with one attached hydrogen (secondary N) is 1. The standard InChI is InChI=1S/C18H28F3NO5Si2/c1-25-15-11-12(8-9-14(15)26-28(2,3)4)10-13(16(23)27-29(5,6)7)22-17(24)18(19,20)21/h8-9,11,13H,10H2,1-7H3,(H,22,24). The maximum Gasteiger partial charge on any atom is 0.471 e. The zero-order valence-corrected chi connectivity index (χ0v) is 19.7. The molecule has 0 bridgehead atoms. The fraction of sp³-hybridized carbons (Fsp3) is 0.556. The molecule has 6 nitrogen and oxygen atoms in total. The molecule has 0 aliphatic carbocycles. The van der Waals surface area contributed by atoms with Crippen molar-refractivity contribution in [1.82, 2.24) is 5.32 Å². The summed E-state index contributed by atoms with van der Waals surface area (Å²) in [4.78, 5) is 23.8. The molecule has 1 atom stereocenters. The molecule has 0 saturated heterocycles. The van der Waals surface area contributed by atoms with E-state index in [2.05, 4.69) is 0 Å². The number of alkyl halides is 3. The van der Waals surface area contributed by atoms with Gasteiger partial charge in [-0.2, -0.15) is 13.2 Å². The predicted octanol–water partition coefficient (Wildman–Crippen LogP) is 3.88. The number of carbonyl (C=O) groups is 2. The number of hydrogen-bond donors (Lipinski definition) is 1. The summed E-state index contributed by atoms with van der Waals surface area (Å²) in [7, 11) is -2.84. The van der Waals surface area contributed by atoms with Crippen molar-refractivity contribution in [3.05, 3.63) is 23.8 Å². The van der Waals surface area contributed by atoms with Crippen LogP contribution in [0.2, 0.25) is 39.3 Å². The summed E-state index contributed by atoms with van der Waals surface area (Å²) in [6.45, 7) is 11.2. The van der Waals surface area contributed by atoms with Crippen LogP contribution in [0.15, 0.2) is 18.2 Å². The summed E-state index contributed by atoms with van der Waals surface area (Å²) in [5, 5.41) is 1.74. The third-order valence-corrected chi connectivity index (χ3v) is 4.98. The second kappa shape index (κ2) is 9.20. The summed E-state index contributed by atoms with van der Waals surface area (Å²) in [6.07, 6.45) is -5.29. The monoisotopic (exact) mass is 451 g/mol. The van der Waals surface area contributed by atoms with Gasteiger partial charge in [0.2, 0.25) is 16.6 Å². The zero-order valence-electron chi connectivity index (χ0n) is 17.7. The molecule has 0 saturated carbocycles. The topological polar surface area (TPSA) is 73.9 Å². The normalized spacial score (nSPS) is 13.4. The third-order valence-electron chi connectivity index (χ3n) is 3.34. The molecule has 1 amide bonds. The summed E-state index contributed by atoms with van der Waals surface area (Å²) < 4.78 is 54.6. The molecular formula is C18H28F3NO5Si2. The lowest BCUT2D eigenvalue weighted by Gasteiger charge is -2.25. The zero-order chi connectivity index (χ0) is 22.6. The summed E-state index contributed by atoms with van der Waals surface area (Å²) in [6, 6.07) is 3.35. The molecule has 0 heterocycles. The molecule has 11 heteroatoms. The van der Waals surface area contributed by atoms with E-state index in [1.54, 1.807) is 43.2 Å². The van der Waals surface area contributed by atoms with Crippen LogP contribution in [-0.4, -0.2) is 47.8 Å². The number of amides is 1. The van der Waals surface area contributed by atoms with Crippen LogP contribution in [0.5, 0.6) is 11.5 Å². The van der Waals surface area contributed by atoms with Crippen LogP contribution in [0.4, 0.5) is 13.2 Å². The Labute approximate surface area is 171 Å².